The van der Waals surface area contributed by atoms with E-state index in [1.54, 1.807) is 0 Å². The SMILES string of the molecule is CCOC1CC(NCc2cc(F)cc(F)c2)C1. The van der Waals surface area contributed by atoms with Gasteiger partial charge in [-0.15, -0.1) is 0 Å². The fourth-order valence-corrected chi connectivity index (χ4v) is 2.08. The van der Waals surface area contributed by atoms with Gasteiger partial charge in [-0.2, -0.15) is 0 Å². The van der Waals surface area contributed by atoms with Gasteiger partial charge in [0.25, 0.3) is 0 Å². The molecule has 1 fully saturated rings. The van der Waals surface area contributed by atoms with Crippen molar-refractivity contribution in [3.8, 4) is 0 Å². The monoisotopic (exact) mass is 241 g/mol. The van der Waals surface area contributed by atoms with Crippen LogP contribution in [0, 0.1) is 11.6 Å². The molecule has 1 aliphatic rings. The third-order valence-electron chi connectivity index (χ3n) is 3.01. The van der Waals surface area contributed by atoms with Crippen molar-refractivity contribution in [2.45, 2.75) is 38.5 Å². The van der Waals surface area contributed by atoms with Gasteiger partial charge < -0.3 is 10.1 Å². The standard InChI is InChI=1S/C13H17F2NO/c1-2-17-13-6-12(7-13)16-8-9-3-10(14)5-11(15)4-9/h3-5,12-13,16H,2,6-8H2,1H3. The topological polar surface area (TPSA) is 21.3 Å². The number of benzene rings is 1. The van der Waals surface area contributed by atoms with Crippen LogP contribution in [0.2, 0.25) is 0 Å². The molecule has 2 nitrogen and oxygen atoms in total. The van der Waals surface area contributed by atoms with E-state index in [-0.39, 0.29) is 0 Å². The molecule has 0 saturated heterocycles. The van der Waals surface area contributed by atoms with E-state index in [9.17, 15) is 8.78 Å². The van der Waals surface area contributed by atoms with Crippen LogP contribution in [0.15, 0.2) is 18.2 Å². The molecule has 1 N–H and O–H groups in total. The minimum atomic E-state index is -0.525. The second kappa shape index (κ2) is 5.56. The number of hydrogen-bond donors (Lipinski definition) is 1. The van der Waals surface area contributed by atoms with Crippen molar-refractivity contribution in [1.29, 1.82) is 0 Å². The molecule has 0 unspecified atom stereocenters. The predicted octanol–water partition coefficient (Wildman–Crippen LogP) is 2.62. The molecule has 2 rings (SSSR count). The maximum absolute atomic E-state index is 12.9. The normalized spacial score (nSPS) is 23.5. The van der Waals surface area contributed by atoms with E-state index >= 15 is 0 Å². The highest BCUT2D eigenvalue weighted by Gasteiger charge is 2.28. The predicted molar refractivity (Wildman–Crippen MR) is 61.6 cm³/mol. The van der Waals surface area contributed by atoms with Crippen molar-refractivity contribution in [2.24, 2.45) is 0 Å². The van der Waals surface area contributed by atoms with Gasteiger partial charge in [-0.3, -0.25) is 0 Å². The zero-order chi connectivity index (χ0) is 12.3. The molecule has 0 spiro atoms. The number of ether oxygens (including phenoxy) is 1. The molecule has 0 atom stereocenters. The maximum atomic E-state index is 12.9. The van der Waals surface area contributed by atoms with Crippen LogP contribution in [-0.4, -0.2) is 18.8 Å². The summed E-state index contributed by atoms with van der Waals surface area (Å²) in [6, 6.07) is 4.00. The molecule has 0 aliphatic heterocycles. The number of hydrogen-bond acceptors (Lipinski definition) is 2. The summed E-state index contributed by atoms with van der Waals surface area (Å²) < 4.78 is 31.3. The van der Waals surface area contributed by atoms with Gasteiger partial charge in [-0.1, -0.05) is 0 Å². The number of rotatable bonds is 5. The van der Waals surface area contributed by atoms with E-state index in [2.05, 4.69) is 5.32 Å². The van der Waals surface area contributed by atoms with Gasteiger partial charge in [0.2, 0.25) is 0 Å². The lowest BCUT2D eigenvalue weighted by Crippen LogP contribution is -2.45. The molecule has 94 valence electrons. The minimum absolute atomic E-state index is 0.349. The highest BCUT2D eigenvalue weighted by atomic mass is 19.1. The molecule has 0 bridgehead atoms. The summed E-state index contributed by atoms with van der Waals surface area (Å²) in [7, 11) is 0. The largest absolute Gasteiger partial charge is 0.378 e. The highest BCUT2D eigenvalue weighted by molar-refractivity contribution is 5.17. The van der Waals surface area contributed by atoms with Gasteiger partial charge in [-0.25, -0.2) is 8.78 Å². The molecule has 0 radical (unpaired) electrons. The summed E-state index contributed by atoms with van der Waals surface area (Å²) in [6.45, 7) is 3.22. The molecular formula is C13H17F2NO. The average Bonchev–Trinajstić information content (AvgIpc) is 2.19. The van der Waals surface area contributed by atoms with E-state index in [0.717, 1.165) is 25.5 Å². The van der Waals surface area contributed by atoms with Crippen LogP contribution in [0.1, 0.15) is 25.3 Å². The first-order chi connectivity index (χ1) is 8.17. The van der Waals surface area contributed by atoms with Crippen LogP contribution in [0.4, 0.5) is 8.78 Å². The summed E-state index contributed by atoms with van der Waals surface area (Å²) >= 11 is 0. The minimum Gasteiger partial charge on any atom is -0.378 e. The van der Waals surface area contributed by atoms with Gasteiger partial charge in [0.15, 0.2) is 0 Å². The first-order valence-electron chi connectivity index (χ1n) is 5.97. The molecule has 1 saturated carbocycles. The van der Waals surface area contributed by atoms with Crippen molar-refractivity contribution in [3.05, 3.63) is 35.4 Å². The van der Waals surface area contributed by atoms with Crippen LogP contribution in [-0.2, 0) is 11.3 Å². The van der Waals surface area contributed by atoms with Crippen LogP contribution in [0.3, 0.4) is 0 Å². The van der Waals surface area contributed by atoms with E-state index in [4.69, 9.17) is 4.74 Å². The van der Waals surface area contributed by atoms with Crippen molar-refractivity contribution >= 4 is 0 Å². The fraction of sp³-hybridized carbons (Fsp3) is 0.538. The zero-order valence-corrected chi connectivity index (χ0v) is 9.88. The average molecular weight is 241 g/mol. The van der Waals surface area contributed by atoms with Crippen LogP contribution < -0.4 is 5.32 Å². The van der Waals surface area contributed by atoms with Gasteiger partial charge in [0.05, 0.1) is 6.10 Å². The molecule has 1 aliphatic carbocycles. The lowest BCUT2D eigenvalue weighted by molar-refractivity contribution is -0.0102. The van der Waals surface area contributed by atoms with Crippen LogP contribution in [0.5, 0.6) is 0 Å². The zero-order valence-electron chi connectivity index (χ0n) is 9.88. The summed E-state index contributed by atoms with van der Waals surface area (Å²) in [5.41, 5.74) is 0.641. The van der Waals surface area contributed by atoms with Gasteiger partial charge in [-0.05, 0) is 37.5 Å². The Morgan fingerprint density at radius 1 is 1.24 bits per heavy atom. The van der Waals surface area contributed by atoms with Crippen molar-refractivity contribution in [1.82, 2.24) is 5.32 Å². The van der Waals surface area contributed by atoms with Gasteiger partial charge >= 0.3 is 0 Å². The first-order valence-corrected chi connectivity index (χ1v) is 5.97. The van der Waals surface area contributed by atoms with E-state index < -0.39 is 11.6 Å². The molecular weight excluding hydrogens is 224 g/mol. The van der Waals surface area contributed by atoms with Gasteiger partial charge in [0, 0.05) is 25.3 Å². The van der Waals surface area contributed by atoms with E-state index in [1.807, 2.05) is 6.92 Å². The lowest BCUT2D eigenvalue weighted by atomic mass is 9.89. The molecule has 0 amide bonds. The third kappa shape index (κ3) is 3.48. The molecule has 1 aromatic rings. The molecule has 4 heteroatoms. The van der Waals surface area contributed by atoms with Crippen LogP contribution >= 0.6 is 0 Å². The Morgan fingerprint density at radius 2 is 1.88 bits per heavy atom. The molecule has 0 heterocycles. The van der Waals surface area contributed by atoms with Crippen molar-refractivity contribution < 1.29 is 13.5 Å². The number of halogens is 2. The summed E-state index contributed by atoms with van der Waals surface area (Å²) in [4.78, 5) is 0. The second-order valence-corrected chi connectivity index (χ2v) is 4.40. The van der Waals surface area contributed by atoms with E-state index in [0.29, 0.717) is 24.3 Å². The smallest absolute Gasteiger partial charge is 0.126 e. The quantitative estimate of drug-likeness (QED) is 0.855. The Bertz CT molecular complexity index is 357. The highest BCUT2D eigenvalue weighted by Crippen LogP contribution is 2.23. The Kier molecular flexibility index (Phi) is 4.07. The van der Waals surface area contributed by atoms with E-state index in [1.165, 1.54) is 12.1 Å². The van der Waals surface area contributed by atoms with Crippen LogP contribution in [0.25, 0.3) is 0 Å². The molecule has 17 heavy (non-hydrogen) atoms. The molecule has 1 aromatic carbocycles. The second-order valence-electron chi connectivity index (χ2n) is 4.40. The summed E-state index contributed by atoms with van der Waals surface area (Å²) in [5, 5.41) is 3.26. The Morgan fingerprint density at radius 3 is 2.47 bits per heavy atom. The number of nitrogens with one attached hydrogen (secondary N) is 1. The van der Waals surface area contributed by atoms with Gasteiger partial charge in [0.1, 0.15) is 11.6 Å². The van der Waals surface area contributed by atoms with Crippen molar-refractivity contribution in [3.63, 3.8) is 0 Å². The Hall–Kier alpha value is -1.00. The van der Waals surface area contributed by atoms with Crippen molar-refractivity contribution in [2.75, 3.05) is 6.61 Å². The third-order valence-corrected chi connectivity index (χ3v) is 3.01. The lowest BCUT2D eigenvalue weighted by Gasteiger charge is -2.35. The summed E-state index contributed by atoms with van der Waals surface area (Å²) in [5.74, 6) is -1.05. The molecule has 0 aromatic heterocycles. The fourth-order valence-electron chi connectivity index (χ4n) is 2.08. The summed E-state index contributed by atoms with van der Waals surface area (Å²) in [6.07, 6.45) is 2.30. The Labute approximate surface area is 100.0 Å². The maximum Gasteiger partial charge on any atom is 0.126 e. The Balaban J connectivity index is 1.76. The first kappa shape index (κ1) is 12.5.